The fourth-order valence-corrected chi connectivity index (χ4v) is 2.59. The number of anilines is 1. The van der Waals surface area contributed by atoms with Crippen LogP contribution in [0.3, 0.4) is 0 Å². The van der Waals surface area contributed by atoms with Gasteiger partial charge in [0, 0.05) is 32.9 Å². The lowest BCUT2D eigenvalue weighted by Gasteiger charge is -2.27. The van der Waals surface area contributed by atoms with Gasteiger partial charge in [0.05, 0.1) is 36.9 Å². The third-order valence-electron chi connectivity index (χ3n) is 3.86. The van der Waals surface area contributed by atoms with Crippen molar-refractivity contribution in [3.63, 3.8) is 0 Å². The van der Waals surface area contributed by atoms with Gasteiger partial charge in [-0.05, 0) is 6.92 Å². The second-order valence-corrected chi connectivity index (χ2v) is 5.48. The summed E-state index contributed by atoms with van der Waals surface area (Å²) in [5.74, 6) is -0.478. The standard InChI is InChI=1S/C15H20N6O3/c1-3-21-13(15(23)20-4-6-24-7-5-20)12(9-17-21)18-14(22)11-8-16-19(2)10-11/h8-10H,3-7H2,1-2H3,(H,18,22). The second-order valence-electron chi connectivity index (χ2n) is 5.48. The number of amides is 2. The number of carbonyl (C=O) groups excluding carboxylic acids is 2. The summed E-state index contributed by atoms with van der Waals surface area (Å²) < 4.78 is 8.42. The number of nitrogens with one attached hydrogen (secondary N) is 1. The molecule has 0 spiro atoms. The van der Waals surface area contributed by atoms with E-state index in [1.54, 1.807) is 27.5 Å². The Kier molecular flexibility index (Phi) is 4.61. The maximum atomic E-state index is 12.8. The molecule has 3 rings (SSSR count). The quantitative estimate of drug-likeness (QED) is 0.872. The van der Waals surface area contributed by atoms with Crippen LogP contribution in [0.25, 0.3) is 0 Å². The van der Waals surface area contributed by atoms with E-state index < -0.39 is 0 Å². The molecule has 1 aliphatic heterocycles. The Bertz CT molecular complexity index is 744. The molecule has 0 radical (unpaired) electrons. The molecule has 2 aromatic rings. The monoisotopic (exact) mass is 332 g/mol. The zero-order chi connectivity index (χ0) is 17.1. The molecule has 9 nitrogen and oxygen atoms in total. The van der Waals surface area contributed by atoms with Gasteiger partial charge in [0.2, 0.25) is 0 Å². The van der Waals surface area contributed by atoms with E-state index in [4.69, 9.17) is 4.74 Å². The largest absolute Gasteiger partial charge is 0.378 e. The highest BCUT2D eigenvalue weighted by molar-refractivity contribution is 6.08. The average Bonchev–Trinajstić information content (AvgIpc) is 3.21. The third kappa shape index (κ3) is 3.16. The summed E-state index contributed by atoms with van der Waals surface area (Å²) in [6.07, 6.45) is 4.59. The van der Waals surface area contributed by atoms with Crippen LogP contribution in [-0.2, 0) is 18.3 Å². The van der Waals surface area contributed by atoms with Crippen molar-refractivity contribution in [2.24, 2.45) is 7.05 Å². The molecule has 0 atom stereocenters. The van der Waals surface area contributed by atoms with E-state index >= 15 is 0 Å². The van der Waals surface area contributed by atoms with E-state index in [1.807, 2.05) is 6.92 Å². The molecule has 128 valence electrons. The smallest absolute Gasteiger partial charge is 0.274 e. The first kappa shape index (κ1) is 16.2. The molecule has 2 amide bonds. The Labute approximate surface area is 139 Å². The molecule has 1 fully saturated rings. The highest BCUT2D eigenvalue weighted by Gasteiger charge is 2.26. The molecular weight excluding hydrogens is 312 g/mol. The lowest BCUT2D eigenvalue weighted by Crippen LogP contribution is -2.41. The van der Waals surface area contributed by atoms with Gasteiger partial charge in [-0.25, -0.2) is 0 Å². The lowest BCUT2D eigenvalue weighted by molar-refractivity contribution is 0.0295. The molecule has 2 aromatic heterocycles. The van der Waals surface area contributed by atoms with Crippen LogP contribution < -0.4 is 5.32 Å². The molecule has 1 aliphatic rings. The van der Waals surface area contributed by atoms with Crippen molar-refractivity contribution in [2.75, 3.05) is 31.6 Å². The lowest BCUT2D eigenvalue weighted by atomic mass is 10.2. The van der Waals surface area contributed by atoms with E-state index in [0.29, 0.717) is 49.8 Å². The predicted molar refractivity (Wildman–Crippen MR) is 85.8 cm³/mol. The van der Waals surface area contributed by atoms with E-state index in [1.165, 1.54) is 12.4 Å². The van der Waals surface area contributed by atoms with Crippen LogP contribution in [-0.4, -0.2) is 62.6 Å². The van der Waals surface area contributed by atoms with E-state index in [0.717, 1.165) is 0 Å². The third-order valence-corrected chi connectivity index (χ3v) is 3.86. The molecule has 0 aromatic carbocycles. The highest BCUT2D eigenvalue weighted by Crippen LogP contribution is 2.19. The molecule has 0 unspecified atom stereocenters. The predicted octanol–water partition coefficient (Wildman–Crippen LogP) is 0.361. The summed E-state index contributed by atoms with van der Waals surface area (Å²) in [6.45, 7) is 4.53. The van der Waals surface area contributed by atoms with Crippen molar-refractivity contribution in [1.82, 2.24) is 24.5 Å². The van der Waals surface area contributed by atoms with Crippen LogP contribution in [0.2, 0.25) is 0 Å². The first-order valence-electron chi connectivity index (χ1n) is 7.83. The summed E-state index contributed by atoms with van der Waals surface area (Å²) in [5.41, 5.74) is 1.21. The number of rotatable bonds is 4. The molecule has 0 bridgehead atoms. The van der Waals surface area contributed by atoms with Crippen molar-refractivity contribution < 1.29 is 14.3 Å². The number of aromatic nitrogens is 4. The number of morpholine rings is 1. The van der Waals surface area contributed by atoms with Gasteiger partial charge in [-0.15, -0.1) is 0 Å². The number of carbonyl (C=O) groups is 2. The Morgan fingerprint density at radius 2 is 2.00 bits per heavy atom. The Morgan fingerprint density at radius 3 is 2.62 bits per heavy atom. The fourth-order valence-electron chi connectivity index (χ4n) is 2.59. The normalized spacial score (nSPS) is 14.7. The number of aryl methyl sites for hydroxylation is 2. The fraction of sp³-hybridized carbons (Fsp3) is 0.467. The van der Waals surface area contributed by atoms with Crippen molar-refractivity contribution in [1.29, 1.82) is 0 Å². The Morgan fingerprint density at radius 1 is 1.25 bits per heavy atom. The van der Waals surface area contributed by atoms with Crippen LogP contribution in [0, 0.1) is 0 Å². The van der Waals surface area contributed by atoms with Crippen molar-refractivity contribution in [3.8, 4) is 0 Å². The molecule has 1 N–H and O–H groups in total. The number of nitrogens with zero attached hydrogens (tertiary/aromatic N) is 5. The zero-order valence-electron chi connectivity index (χ0n) is 13.7. The minimum absolute atomic E-state index is 0.154. The van der Waals surface area contributed by atoms with Gasteiger partial charge >= 0.3 is 0 Å². The minimum atomic E-state index is -0.324. The highest BCUT2D eigenvalue weighted by atomic mass is 16.5. The summed E-state index contributed by atoms with van der Waals surface area (Å²) in [5, 5.41) is 10.9. The minimum Gasteiger partial charge on any atom is -0.378 e. The number of ether oxygens (including phenoxy) is 1. The molecule has 3 heterocycles. The molecule has 0 aliphatic carbocycles. The summed E-state index contributed by atoms with van der Waals surface area (Å²) in [4.78, 5) is 26.9. The van der Waals surface area contributed by atoms with Crippen LogP contribution in [0.15, 0.2) is 18.6 Å². The molecule has 0 saturated carbocycles. The van der Waals surface area contributed by atoms with Gasteiger partial charge in [0.25, 0.3) is 11.8 Å². The van der Waals surface area contributed by atoms with Crippen LogP contribution >= 0.6 is 0 Å². The van der Waals surface area contributed by atoms with Crippen LogP contribution in [0.1, 0.15) is 27.8 Å². The van der Waals surface area contributed by atoms with Crippen molar-refractivity contribution in [3.05, 3.63) is 29.8 Å². The molecular formula is C15H20N6O3. The number of hydrogen-bond acceptors (Lipinski definition) is 5. The first-order valence-corrected chi connectivity index (χ1v) is 7.83. The molecule has 24 heavy (non-hydrogen) atoms. The summed E-state index contributed by atoms with van der Waals surface area (Å²) in [7, 11) is 1.74. The zero-order valence-corrected chi connectivity index (χ0v) is 13.7. The second kappa shape index (κ2) is 6.83. The first-order chi connectivity index (χ1) is 11.6. The van der Waals surface area contributed by atoms with Crippen LogP contribution in [0.5, 0.6) is 0 Å². The topological polar surface area (TPSA) is 94.3 Å². The summed E-state index contributed by atoms with van der Waals surface area (Å²) >= 11 is 0. The van der Waals surface area contributed by atoms with Gasteiger partial charge in [0.1, 0.15) is 5.69 Å². The van der Waals surface area contributed by atoms with Crippen molar-refractivity contribution in [2.45, 2.75) is 13.5 Å². The maximum absolute atomic E-state index is 12.8. The summed E-state index contributed by atoms with van der Waals surface area (Å²) in [6, 6.07) is 0. The number of hydrogen-bond donors (Lipinski definition) is 1. The SMILES string of the molecule is CCn1ncc(NC(=O)c2cnn(C)c2)c1C(=O)N1CCOCC1. The van der Waals surface area contributed by atoms with Gasteiger partial charge in [-0.3, -0.25) is 19.0 Å². The van der Waals surface area contributed by atoms with Gasteiger partial charge < -0.3 is 15.0 Å². The van der Waals surface area contributed by atoms with Gasteiger partial charge in [-0.2, -0.15) is 10.2 Å². The van der Waals surface area contributed by atoms with E-state index in [2.05, 4.69) is 15.5 Å². The van der Waals surface area contributed by atoms with Gasteiger partial charge in [-0.1, -0.05) is 0 Å². The Hall–Kier alpha value is -2.68. The van der Waals surface area contributed by atoms with E-state index in [-0.39, 0.29) is 11.8 Å². The van der Waals surface area contributed by atoms with Crippen LogP contribution in [0.4, 0.5) is 5.69 Å². The van der Waals surface area contributed by atoms with Gasteiger partial charge in [0.15, 0.2) is 0 Å². The Balaban J connectivity index is 1.84. The maximum Gasteiger partial charge on any atom is 0.274 e. The van der Waals surface area contributed by atoms with Crippen molar-refractivity contribution >= 4 is 17.5 Å². The molecule has 1 saturated heterocycles. The molecule has 9 heteroatoms. The average molecular weight is 332 g/mol. The van der Waals surface area contributed by atoms with E-state index in [9.17, 15) is 9.59 Å².